The van der Waals surface area contributed by atoms with E-state index in [1.54, 1.807) is 13.0 Å². The Bertz CT molecular complexity index is 538. The Balaban J connectivity index is 2.41. The van der Waals surface area contributed by atoms with E-state index in [1.165, 1.54) is 18.4 Å². The van der Waals surface area contributed by atoms with Crippen LogP contribution in [0.25, 0.3) is 6.08 Å². The second kappa shape index (κ2) is 4.55. The monoisotopic (exact) mass is 249 g/mol. The van der Waals surface area contributed by atoms with Crippen LogP contribution in [0.15, 0.2) is 39.5 Å². The highest BCUT2D eigenvalue weighted by Crippen LogP contribution is 2.27. The molecule has 2 heterocycles. The molecule has 17 heavy (non-hydrogen) atoms. The van der Waals surface area contributed by atoms with Crippen molar-refractivity contribution in [1.82, 2.24) is 0 Å². The first-order valence-electron chi connectivity index (χ1n) is 4.96. The Morgan fingerprint density at radius 2 is 2.35 bits per heavy atom. The van der Waals surface area contributed by atoms with Crippen LogP contribution in [0.4, 0.5) is 0 Å². The number of aliphatic hydroxyl groups is 1. The lowest BCUT2D eigenvalue weighted by Gasteiger charge is -1.99. The molecule has 0 aromatic carbocycles. The molecule has 4 nitrogen and oxygen atoms in total. The van der Waals surface area contributed by atoms with E-state index in [0.29, 0.717) is 11.4 Å². The molecule has 0 spiro atoms. The summed E-state index contributed by atoms with van der Waals surface area (Å²) in [7, 11) is 1.27. The predicted molar refractivity (Wildman–Crippen MR) is 67.1 cm³/mol. The number of hydrogen-bond acceptors (Lipinski definition) is 5. The molecule has 1 aromatic rings. The lowest BCUT2D eigenvalue weighted by Crippen LogP contribution is -2.11. The molecular formula is C12H11NO3S. The minimum Gasteiger partial charge on any atom is -0.505 e. The molecule has 0 amide bonds. The second-order valence-corrected chi connectivity index (χ2v) is 4.44. The predicted octanol–water partition coefficient (Wildman–Crippen LogP) is 2.55. The van der Waals surface area contributed by atoms with Gasteiger partial charge >= 0.3 is 5.97 Å². The smallest absolute Gasteiger partial charge is 0.343 e. The van der Waals surface area contributed by atoms with E-state index in [2.05, 4.69) is 9.73 Å². The maximum Gasteiger partial charge on any atom is 0.343 e. The van der Waals surface area contributed by atoms with Crippen molar-refractivity contribution < 1.29 is 14.6 Å². The molecule has 5 heteroatoms. The normalized spacial score (nSPS) is 17.5. The first kappa shape index (κ1) is 11.6. The van der Waals surface area contributed by atoms with E-state index in [4.69, 9.17) is 0 Å². The number of nitrogens with zero attached hydrogens (tertiary/aromatic N) is 1. The van der Waals surface area contributed by atoms with Gasteiger partial charge in [0, 0.05) is 4.88 Å². The van der Waals surface area contributed by atoms with Gasteiger partial charge in [0.2, 0.25) is 0 Å². The van der Waals surface area contributed by atoms with Crippen molar-refractivity contribution in [1.29, 1.82) is 0 Å². The Morgan fingerprint density at radius 1 is 1.59 bits per heavy atom. The average Bonchev–Trinajstić information content (AvgIpc) is 2.89. The number of carbonyl (C=O) groups is 1. The third-order valence-corrected chi connectivity index (χ3v) is 3.16. The highest BCUT2D eigenvalue weighted by atomic mass is 32.1. The van der Waals surface area contributed by atoms with Crippen LogP contribution in [0.2, 0.25) is 0 Å². The van der Waals surface area contributed by atoms with Gasteiger partial charge in [-0.25, -0.2) is 9.79 Å². The molecule has 0 atom stereocenters. The van der Waals surface area contributed by atoms with E-state index in [1.807, 2.05) is 17.5 Å². The molecular weight excluding hydrogens is 238 g/mol. The Labute approximate surface area is 103 Å². The summed E-state index contributed by atoms with van der Waals surface area (Å²) in [6.45, 7) is 1.66. The molecule has 1 N–H and O–H groups in total. The molecule has 0 unspecified atom stereocenters. The zero-order valence-electron chi connectivity index (χ0n) is 9.43. The van der Waals surface area contributed by atoms with Crippen LogP contribution in [0.5, 0.6) is 0 Å². The van der Waals surface area contributed by atoms with Crippen LogP contribution in [0.1, 0.15) is 11.8 Å². The van der Waals surface area contributed by atoms with Crippen molar-refractivity contribution >= 4 is 29.1 Å². The molecule has 0 saturated heterocycles. The largest absolute Gasteiger partial charge is 0.505 e. The maximum absolute atomic E-state index is 11.4. The summed E-state index contributed by atoms with van der Waals surface area (Å²) in [6, 6.07) is 3.82. The summed E-state index contributed by atoms with van der Waals surface area (Å²) in [4.78, 5) is 16.6. The zero-order chi connectivity index (χ0) is 12.4. The van der Waals surface area contributed by atoms with E-state index < -0.39 is 5.97 Å². The number of esters is 1. The minimum absolute atomic E-state index is 0.122. The number of rotatable bonds is 2. The molecule has 88 valence electrons. The molecule has 0 radical (unpaired) electrons. The molecule has 0 saturated carbocycles. The standard InChI is InChI=1S/C12H11NO3S/c1-7-10(12(15)16-2)11(14)9(13-7)6-8-4-3-5-17-8/h3-6,14H,1-2H3/b9-6+. The van der Waals surface area contributed by atoms with Gasteiger partial charge in [0.1, 0.15) is 11.3 Å². The van der Waals surface area contributed by atoms with Crippen molar-refractivity contribution in [2.45, 2.75) is 6.92 Å². The van der Waals surface area contributed by atoms with Crippen LogP contribution in [-0.4, -0.2) is 23.9 Å². The van der Waals surface area contributed by atoms with Crippen molar-refractivity contribution in [3.05, 3.63) is 39.4 Å². The van der Waals surface area contributed by atoms with E-state index in [9.17, 15) is 9.90 Å². The molecule has 1 aromatic heterocycles. The summed E-state index contributed by atoms with van der Waals surface area (Å²) in [6.07, 6.45) is 1.74. The summed E-state index contributed by atoms with van der Waals surface area (Å²) in [5.41, 5.74) is 0.998. The van der Waals surface area contributed by atoms with Gasteiger partial charge in [-0.3, -0.25) is 0 Å². The SMILES string of the molecule is COC(=O)C1=C(O)/C(=C\c2cccs2)N=C1C. The third kappa shape index (κ3) is 2.14. The number of methoxy groups -OCH3 is 1. The summed E-state index contributed by atoms with van der Waals surface area (Å²) in [5, 5.41) is 11.9. The maximum atomic E-state index is 11.4. The number of aliphatic hydroxyl groups excluding tert-OH is 1. The number of hydrogen-bond donors (Lipinski definition) is 1. The summed E-state index contributed by atoms with van der Waals surface area (Å²) in [5.74, 6) is -0.693. The number of thiophene rings is 1. The average molecular weight is 249 g/mol. The van der Waals surface area contributed by atoms with Gasteiger partial charge in [-0.1, -0.05) is 6.07 Å². The molecule has 0 bridgehead atoms. The summed E-state index contributed by atoms with van der Waals surface area (Å²) < 4.78 is 4.60. The minimum atomic E-state index is -0.571. The highest BCUT2D eigenvalue weighted by Gasteiger charge is 2.27. The van der Waals surface area contributed by atoms with E-state index in [0.717, 1.165) is 4.88 Å². The van der Waals surface area contributed by atoms with Crippen molar-refractivity contribution in [3.63, 3.8) is 0 Å². The quantitative estimate of drug-likeness (QED) is 0.819. The van der Waals surface area contributed by atoms with Crippen molar-refractivity contribution in [2.75, 3.05) is 7.11 Å². The van der Waals surface area contributed by atoms with Crippen molar-refractivity contribution in [2.24, 2.45) is 4.99 Å². The Morgan fingerprint density at radius 3 is 2.94 bits per heavy atom. The lowest BCUT2D eigenvalue weighted by molar-refractivity contribution is -0.135. The van der Waals surface area contributed by atoms with Gasteiger partial charge in [-0.2, -0.15) is 0 Å². The topological polar surface area (TPSA) is 58.9 Å². The van der Waals surface area contributed by atoms with Crippen LogP contribution >= 0.6 is 11.3 Å². The zero-order valence-corrected chi connectivity index (χ0v) is 10.2. The lowest BCUT2D eigenvalue weighted by atomic mass is 10.1. The summed E-state index contributed by atoms with van der Waals surface area (Å²) >= 11 is 1.53. The fraction of sp³-hybridized carbons (Fsp3) is 0.167. The number of carbonyl (C=O) groups excluding carboxylic acids is 1. The van der Waals surface area contributed by atoms with Crippen LogP contribution in [0, 0.1) is 0 Å². The number of ether oxygens (including phenoxy) is 1. The highest BCUT2D eigenvalue weighted by molar-refractivity contribution is 7.10. The molecule has 0 aliphatic carbocycles. The van der Waals surface area contributed by atoms with Crippen LogP contribution in [-0.2, 0) is 9.53 Å². The Kier molecular flexibility index (Phi) is 3.10. The fourth-order valence-corrected chi connectivity index (χ4v) is 2.20. The molecule has 0 fully saturated rings. The van der Waals surface area contributed by atoms with Gasteiger partial charge in [-0.05, 0) is 24.4 Å². The second-order valence-electron chi connectivity index (χ2n) is 3.46. The van der Waals surface area contributed by atoms with Gasteiger partial charge in [-0.15, -0.1) is 11.3 Å². The molecule has 1 aliphatic rings. The first-order chi connectivity index (χ1) is 8.13. The van der Waals surface area contributed by atoms with Crippen molar-refractivity contribution in [3.8, 4) is 0 Å². The van der Waals surface area contributed by atoms with Gasteiger partial charge < -0.3 is 9.84 Å². The molecule has 1 aliphatic heterocycles. The fourth-order valence-electron chi connectivity index (χ4n) is 1.54. The van der Waals surface area contributed by atoms with Gasteiger partial charge in [0.15, 0.2) is 5.76 Å². The van der Waals surface area contributed by atoms with Crippen LogP contribution in [0.3, 0.4) is 0 Å². The first-order valence-corrected chi connectivity index (χ1v) is 5.84. The third-order valence-electron chi connectivity index (χ3n) is 2.34. The van der Waals surface area contributed by atoms with Gasteiger partial charge in [0.05, 0.1) is 12.8 Å². The number of aliphatic imine (C=N–C) groups is 1. The molecule has 2 rings (SSSR count). The van der Waals surface area contributed by atoms with E-state index in [-0.39, 0.29) is 11.3 Å². The van der Waals surface area contributed by atoms with Crippen LogP contribution < -0.4 is 0 Å². The van der Waals surface area contributed by atoms with E-state index >= 15 is 0 Å². The Hall–Kier alpha value is -1.88. The van der Waals surface area contributed by atoms with Gasteiger partial charge in [0.25, 0.3) is 0 Å².